The molecule has 0 heterocycles. The lowest BCUT2D eigenvalue weighted by atomic mass is 9.82. The van der Waals surface area contributed by atoms with Crippen LogP contribution in [-0.4, -0.2) is 6.54 Å². The topological polar surface area (TPSA) is 12.0 Å². The van der Waals surface area contributed by atoms with Crippen molar-refractivity contribution in [2.75, 3.05) is 6.54 Å². The number of rotatable bonds is 4. The SMILES string of the molecule is CCCNC(c1cccc(Cl)c1F)C(C)(C)C. The Morgan fingerprint density at radius 3 is 2.53 bits per heavy atom. The van der Waals surface area contributed by atoms with Crippen molar-refractivity contribution >= 4 is 11.6 Å². The Labute approximate surface area is 108 Å². The smallest absolute Gasteiger partial charge is 0.146 e. The molecular formula is C14H21ClFN. The monoisotopic (exact) mass is 257 g/mol. The van der Waals surface area contributed by atoms with Crippen molar-refractivity contribution in [3.05, 3.63) is 34.6 Å². The number of hydrogen-bond donors (Lipinski definition) is 1. The van der Waals surface area contributed by atoms with E-state index >= 15 is 0 Å². The summed E-state index contributed by atoms with van der Waals surface area (Å²) in [5, 5.41) is 3.58. The fourth-order valence-corrected chi connectivity index (χ4v) is 2.10. The molecule has 0 aliphatic carbocycles. The van der Waals surface area contributed by atoms with Gasteiger partial charge in [0.2, 0.25) is 0 Å². The molecule has 0 saturated carbocycles. The summed E-state index contributed by atoms with van der Waals surface area (Å²) in [5.74, 6) is -0.308. The first-order chi connectivity index (χ1) is 7.88. The van der Waals surface area contributed by atoms with Crippen LogP contribution in [0.3, 0.4) is 0 Å². The second-order valence-corrected chi connectivity index (χ2v) is 5.80. The third-order valence-electron chi connectivity index (χ3n) is 2.76. The number of hydrogen-bond acceptors (Lipinski definition) is 1. The van der Waals surface area contributed by atoms with Gasteiger partial charge in [0.05, 0.1) is 5.02 Å². The second-order valence-electron chi connectivity index (χ2n) is 5.40. The predicted octanol–water partition coefficient (Wildman–Crippen LogP) is 4.57. The summed E-state index contributed by atoms with van der Waals surface area (Å²) >= 11 is 5.84. The van der Waals surface area contributed by atoms with E-state index in [4.69, 9.17) is 11.6 Å². The molecule has 0 bridgehead atoms. The van der Waals surface area contributed by atoms with E-state index in [2.05, 4.69) is 33.0 Å². The zero-order valence-electron chi connectivity index (χ0n) is 11.0. The van der Waals surface area contributed by atoms with Crippen LogP contribution in [0.5, 0.6) is 0 Å². The molecule has 96 valence electrons. The fourth-order valence-electron chi connectivity index (χ4n) is 1.91. The van der Waals surface area contributed by atoms with Crippen LogP contribution in [0, 0.1) is 11.2 Å². The molecule has 0 spiro atoms. The molecule has 0 aliphatic rings. The largest absolute Gasteiger partial charge is 0.309 e. The van der Waals surface area contributed by atoms with Gasteiger partial charge in [-0.3, -0.25) is 0 Å². The molecule has 1 nitrogen and oxygen atoms in total. The predicted molar refractivity (Wildman–Crippen MR) is 71.9 cm³/mol. The molecule has 17 heavy (non-hydrogen) atoms. The third-order valence-corrected chi connectivity index (χ3v) is 3.05. The van der Waals surface area contributed by atoms with Crippen molar-refractivity contribution in [3.8, 4) is 0 Å². The quantitative estimate of drug-likeness (QED) is 0.833. The summed E-state index contributed by atoms with van der Waals surface area (Å²) < 4.78 is 14.0. The molecule has 1 N–H and O–H groups in total. The minimum absolute atomic E-state index is 0.0267. The van der Waals surface area contributed by atoms with E-state index in [1.54, 1.807) is 18.2 Å². The van der Waals surface area contributed by atoms with E-state index in [9.17, 15) is 4.39 Å². The molecular weight excluding hydrogens is 237 g/mol. The highest BCUT2D eigenvalue weighted by Crippen LogP contribution is 2.35. The van der Waals surface area contributed by atoms with Gasteiger partial charge in [-0.1, -0.05) is 51.4 Å². The maximum Gasteiger partial charge on any atom is 0.146 e. The van der Waals surface area contributed by atoms with Gasteiger partial charge in [0, 0.05) is 11.6 Å². The van der Waals surface area contributed by atoms with Crippen molar-refractivity contribution in [1.82, 2.24) is 5.32 Å². The summed E-state index contributed by atoms with van der Waals surface area (Å²) in [4.78, 5) is 0. The summed E-state index contributed by atoms with van der Waals surface area (Å²) in [6, 6.07) is 5.16. The van der Waals surface area contributed by atoms with Gasteiger partial charge in [-0.2, -0.15) is 0 Å². The van der Waals surface area contributed by atoms with Gasteiger partial charge in [0.25, 0.3) is 0 Å². The molecule has 0 saturated heterocycles. The average molecular weight is 258 g/mol. The molecule has 1 aromatic rings. The summed E-state index contributed by atoms with van der Waals surface area (Å²) in [6.45, 7) is 9.26. The van der Waals surface area contributed by atoms with Gasteiger partial charge in [-0.25, -0.2) is 4.39 Å². The van der Waals surface area contributed by atoms with Crippen LogP contribution in [0.2, 0.25) is 5.02 Å². The Kier molecular flexibility index (Phi) is 4.96. The Morgan fingerprint density at radius 2 is 2.00 bits per heavy atom. The number of nitrogens with one attached hydrogen (secondary N) is 1. The molecule has 1 rings (SSSR count). The van der Waals surface area contributed by atoms with E-state index in [1.807, 2.05) is 0 Å². The highest BCUT2D eigenvalue weighted by molar-refractivity contribution is 6.30. The second kappa shape index (κ2) is 5.83. The van der Waals surface area contributed by atoms with E-state index in [1.165, 1.54) is 0 Å². The molecule has 0 fully saturated rings. The molecule has 3 heteroatoms. The van der Waals surface area contributed by atoms with Gasteiger partial charge in [0.1, 0.15) is 5.82 Å². The van der Waals surface area contributed by atoms with Gasteiger partial charge in [-0.05, 0) is 24.4 Å². The summed E-state index contributed by atoms with van der Waals surface area (Å²) in [7, 11) is 0. The van der Waals surface area contributed by atoms with Crippen LogP contribution in [0.1, 0.15) is 45.7 Å². The van der Waals surface area contributed by atoms with Crippen molar-refractivity contribution in [2.45, 2.75) is 40.2 Å². The first-order valence-corrected chi connectivity index (χ1v) is 6.43. The molecule has 1 aromatic carbocycles. The van der Waals surface area contributed by atoms with Crippen LogP contribution in [0.4, 0.5) is 4.39 Å². The average Bonchev–Trinajstić information content (AvgIpc) is 2.22. The minimum Gasteiger partial charge on any atom is -0.309 e. The molecule has 0 aromatic heterocycles. The lowest BCUT2D eigenvalue weighted by Gasteiger charge is -2.32. The maximum absolute atomic E-state index is 14.0. The van der Waals surface area contributed by atoms with E-state index < -0.39 is 0 Å². The van der Waals surface area contributed by atoms with Crippen molar-refractivity contribution in [1.29, 1.82) is 0 Å². The first-order valence-electron chi connectivity index (χ1n) is 6.05. The number of halogens is 2. The molecule has 0 radical (unpaired) electrons. The summed E-state index contributed by atoms with van der Waals surface area (Å²) in [5.41, 5.74) is 0.596. The van der Waals surface area contributed by atoms with Crippen LogP contribution in [-0.2, 0) is 0 Å². The van der Waals surface area contributed by atoms with Crippen LogP contribution in [0.15, 0.2) is 18.2 Å². The molecule has 0 amide bonds. The van der Waals surface area contributed by atoms with Gasteiger partial charge >= 0.3 is 0 Å². The molecule has 1 unspecified atom stereocenters. The summed E-state index contributed by atoms with van der Waals surface area (Å²) in [6.07, 6.45) is 1.02. The van der Waals surface area contributed by atoms with Gasteiger partial charge in [-0.15, -0.1) is 0 Å². The fraction of sp³-hybridized carbons (Fsp3) is 0.571. The zero-order valence-corrected chi connectivity index (χ0v) is 11.7. The van der Waals surface area contributed by atoms with Crippen molar-refractivity contribution in [3.63, 3.8) is 0 Å². The third kappa shape index (κ3) is 3.68. The maximum atomic E-state index is 14.0. The van der Waals surface area contributed by atoms with Gasteiger partial charge < -0.3 is 5.32 Å². The lowest BCUT2D eigenvalue weighted by Crippen LogP contribution is -2.33. The van der Waals surface area contributed by atoms with E-state index in [-0.39, 0.29) is 22.3 Å². The minimum atomic E-state index is -0.308. The van der Waals surface area contributed by atoms with Crippen LogP contribution in [0.25, 0.3) is 0 Å². The highest BCUT2D eigenvalue weighted by atomic mass is 35.5. The van der Waals surface area contributed by atoms with Crippen LogP contribution < -0.4 is 5.32 Å². The number of benzene rings is 1. The highest BCUT2D eigenvalue weighted by Gasteiger charge is 2.28. The molecule has 0 aliphatic heterocycles. The first kappa shape index (κ1) is 14.5. The zero-order chi connectivity index (χ0) is 13.1. The normalized spacial score (nSPS) is 13.8. The Hall–Kier alpha value is -0.600. The van der Waals surface area contributed by atoms with Gasteiger partial charge in [0.15, 0.2) is 0 Å². The van der Waals surface area contributed by atoms with Crippen molar-refractivity contribution < 1.29 is 4.39 Å². The lowest BCUT2D eigenvalue weighted by molar-refractivity contribution is 0.267. The molecule has 1 atom stereocenters. The van der Waals surface area contributed by atoms with Crippen LogP contribution >= 0.6 is 11.6 Å². The van der Waals surface area contributed by atoms with Crippen molar-refractivity contribution in [2.24, 2.45) is 5.41 Å². The Balaban J connectivity index is 3.09. The van der Waals surface area contributed by atoms with E-state index in [0.29, 0.717) is 5.56 Å². The Bertz CT molecular complexity index is 371. The van der Waals surface area contributed by atoms with E-state index in [0.717, 1.165) is 13.0 Å². The standard InChI is InChI=1S/C14H21ClFN/c1-5-9-17-13(14(2,3)4)10-7-6-8-11(15)12(10)16/h6-8,13,17H,5,9H2,1-4H3. The Morgan fingerprint density at radius 1 is 1.35 bits per heavy atom.